The molecule has 0 saturated heterocycles. The van der Waals surface area contributed by atoms with E-state index in [-0.39, 0.29) is 0 Å². The molecule has 8 heavy (non-hydrogen) atoms. The lowest BCUT2D eigenvalue weighted by Gasteiger charge is -2.25. The Morgan fingerprint density at radius 3 is 2.25 bits per heavy atom. The van der Waals surface area contributed by atoms with Gasteiger partial charge in [-0.15, -0.1) is 0 Å². The van der Waals surface area contributed by atoms with Crippen molar-refractivity contribution < 1.29 is 4.79 Å². The van der Waals surface area contributed by atoms with Crippen LogP contribution in [0.1, 0.15) is 20.3 Å². The molecule has 0 unspecified atom stereocenters. The van der Waals surface area contributed by atoms with Gasteiger partial charge < -0.3 is 0 Å². The molecule has 1 rings (SSSR count). The predicted molar refractivity (Wildman–Crippen MR) is 31.8 cm³/mol. The van der Waals surface area contributed by atoms with Gasteiger partial charge in [-0.1, -0.05) is 13.8 Å². The molecule has 43 valence electrons. The molecule has 1 nitrogen and oxygen atoms in total. The van der Waals surface area contributed by atoms with Crippen LogP contribution in [0.15, 0.2) is 0 Å². The van der Waals surface area contributed by atoms with Gasteiger partial charge in [0.05, 0.1) is 5.92 Å². The first-order valence-corrected chi connectivity index (χ1v) is 2.75. The molecule has 0 aromatic heterocycles. The van der Waals surface area contributed by atoms with Crippen molar-refractivity contribution in [2.45, 2.75) is 20.3 Å². The van der Waals surface area contributed by atoms with E-state index < -0.39 is 0 Å². The summed E-state index contributed by atoms with van der Waals surface area (Å²) in [6.45, 7) is 3.92. The summed E-state index contributed by atoms with van der Waals surface area (Å²) in [5.41, 5.74) is 0. The zero-order valence-electron chi connectivity index (χ0n) is 5.19. The Bertz CT molecular complexity index is 105. The highest BCUT2D eigenvalue weighted by molar-refractivity contribution is 6.04. The van der Waals surface area contributed by atoms with Crippen molar-refractivity contribution in [3.05, 3.63) is 18.3 Å². The second kappa shape index (κ2) is 1.88. The van der Waals surface area contributed by atoms with Crippen molar-refractivity contribution >= 4 is 5.78 Å². The molecule has 0 aromatic rings. The third kappa shape index (κ3) is 0.770. The molecule has 0 aliphatic heterocycles. The maximum Gasteiger partial charge on any atom is 0.141 e. The van der Waals surface area contributed by atoms with E-state index in [1.165, 1.54) is 0 Å². The van der Waals surface area contributed by atoms with Gasteiger partial charge in [0.25, 0.3) is 0 Å². The molecule has 0 N–H and O–H groups in total. The molecule has 0 atom stereocenters. The highest BCUT2D eigenvalue weighted by atomic mass is 16.1. The average Bonchev–Trinajstić information content (AvgIpc) is 1.61. The van der Waals surface area contributed by atoms with E-state index in [4.69, 9.17) is 0 Å². The average molecular weight is 109 g/mol. The van der Waals surface area contributed by atoms with Gasteiger partial charge in [0.1, 0.15) is 5.78 Å². The lowest BCUT2D eigenvalue weighted by atomic mass is 9.76. The van der Waals surface area contributed by atoms with Gasteiger partial charge >= 0.3 is 0 Å². The van der Waals surface area contributed by atoms with Crippen molar-refractivity contribution in [3.8, 4) is 0 Å². The fourth-order valence-electron chi connectivity index (χ4n) is 0.770. The van der Waals surface area contributed by atoms with Gasteiger partial charge in [0.15, 0.2) is 0 Å². The Balaban J connectivity index is 2.37. The zero-order valence-corrected chi connectivity index (χ0v) is 5.19. The SMILES string of the molecule is C[C](C)[C]1[CH]CC1=O. The van der Waals surface area contributed by atoms with E-state index >= 15 is 0 Å². The van der Waals surface area contributed by atoms with Crippen LogP contribution >= 0.6 is 0 Å². The van der Waals surface area contributed by atoms with Crippen LogP contribution in [0.4, 0.5) is 0 Å². The van der Waals surface area contributed by atoms with Gasteiger partial charge in [-0.2, -0.15) is 0 Å². The lowest BCUT2D eigenvalue weighted by molar-refractivity contribution is -0.118. The molecular weight excluding hydrogens is 100 g/mol. The molecule has 3 radical (unpaired) electrons. The van der Waals surface area contributed by atoms with Crippen LogP contribution in [0.2, 0.25) is 0 Å². The summed E-state index contributed by atoms with van der Waals surface area (Å²) in [6.07, 6.45) is 2.62. The summed E-state index contributed by atoms with van der Waals surface area (Å²) in [6, 6.07) is 0. The monoisotopic (exact) mass is 109 g/mol. The maximum atomic E-state index is 10.6. The highest BCUT2D eigenvalue weighted by Crippen LogP contribution is 2.31. The summed E-state index contributed by atoms with van der Waals surface area (Å²) in [5, 5.41) is 0. The lowest BCUT2D eigenvalue weighted by Crippen LogP contribution is -2.27. The molecule has 1 fully saturated rings. The second-order valence-electron chi connectivity index (χ2n) is 2.25. The second-order valence-corrected chi connectivity index (χ2v) is 2.25. The first kappa shape index (κ1) is 5.80. The number of hydrogen-bond donors (Lipinski definition) is 0. The van der Waals surface area contributed by atoms with E-state index in [1.807, 2.05) is 20.3 Å². The van der Waals surface area contributed by atoms with Crippen molar-refractivity contribution in [1.82, 2.24) is 0 Å². The fourth-order valence-corrected chi connectivity index (χ4v) is 0.770. The maximum absolute atomic E-state index is 10.6. The largest absolute Gasteiger partial charge is 0.299 e. The van der Waals surface area contributed by atoms with Crippen LogP contribution < -0.4 is 0 Å². The van der Waals surface area contributed by atoms with E-state index in [9.17, 15) is 4.79 Å². The number of Topliss-reactive ketones (excluding diaryl/α,β-unsaturated/α-hetero) is 1. The molecule has 0 spiro atoms. The van der Waals surface area contributed by atoms with Crippen LogP contribution in [0.25, 0.3) is 0 Å². The molecular formula is C7H9O. The molecule has 1 saturated carbocycles. The smallest absolute Gasteiger partial charge is 0.141 e. The van der Waals surface area contributed by atoms with Gasteiger partial charge in [0.2, 0.25) is 0 Å². The molecule has 1 heteroatoms. The number of ketones is 1. The Labute approximate surface area is 50.1 Å². The minimum atomic E-state index is 0.296. The Morgan fingerprint density at radius 2 is 2.25 bits per heavy atom. The molecule has 0 aromatic carbocycles. The van der Waals surface area contributed by atoms with Gasteiger partial charge in [-0.25, -0.2) is 0 Å². The van der Waals surface area contributed by atoms with Gasteiger partial charge in [0, 0.05) is 6.42 Å². The Hall–Kier alpha value is -0.330. The number of hydrogen-bond acceptors (Lipinski definition) is 1. The van der Waals surface area contributed by atoms with Crippen LogP contribution in [-0.2, 0) is 4.79 Å². The summed E-state index contributed by atoms with van der Waals surface area (Å²) in [7, 11) is 0. The summed E-state index contributed by atoms with van der Waals surface area (Å²) >= 11 is 0. The van der Waals surface area contributed by atoms with Crippen molar-refractivity contribution in [2.75, 3.05) is 0 Å². The third-order valence-corrected chi connectivity index (χ3v) is 1.33. The van der Waals surface area contributed by atoms with Crippen LogP contribution in [0, 0.1) is 18.3 Å². The Morgan fingerprint density at radius 1 is 1.62 bits per heavy atom. The van der Waals surface area contributed by atoms with Crippen LogP contribution in [-0.4, -0.2) is 5.78 Å². The van der Waals surface area contributed by atoms with Crippen molar-refractivity contribution in [3.63, 3.8) is 0 Å². The molecule has 1 aliphatic carbocycles. The Kier molecular flexibility index (Phi) is 1.37. The molecule has 0 amide bonds. The minimum Gasteiger partial charge on any atom is -0.299 e. The number of carbonyl (C=O) groups excluding carboxylic acids is 1. The standard InChI is InChI=1S/C7H9O/c1-5(2)6-3-4-7(6)8/h3H,4H2,1-2H3. The third-order valence-electron chi connectivity index (χ3n) is 1.33. The summed E-state index contributed by atoms with van der Waals surface area (Å²) < 4.78 is 0. The van der Waals surface area contributed by atoms with E-state index in [0.29, 0.717) is 12.2 Å². The molecule has 0 heterocycles. The van der Waals surface area contributed by atoms with E-state index in [2.05, 4.69) is 0 Å². The molecule has 0 bridgehead atoms. The highest BCUT2D eigenvalue weighted by Gasteiger charge is 2.31. The zero-order chi connectivity index (χ0) is 6.15. The number of carbonyl (C=O) groups is 1. The van der Waals surface area contributed by atoms with Gasteiger partial charge in [-0.05, 0) is 12.3 Å². The normalized spacial score (nSPS) is 21.6. The van der Waals surface area contributed by atoms with E-state index in [1.54, 1.807) is 0 Å². The van der Waals surface area contributed by atoms with Gasteiger partial charge in [-0.3, -0.25) is 4.79 Å². The predicted octanol–water partition coefficient (Wildman–Crippen LogP) is 1.35. The summed E-state index contributed by atoms with van der Waals surface area (Å²) in [5.74, 6) is 2.37. The number of rotatable bonds is 1. The first-order valence-electron chi connectivity index (χ1n) is 2.75. The van der Waals surface area contributed by atoms with Crippen LogP contribution in [0.5, 0.6) is 0 Å². The molecule has 1 aliphatic rings. The quantitative estimate of drug-likeness (QED) is 0.496. The van der Waals surface area contributed by atoms with Crippen molar-refractivity contribution in [1.29, 1.82) is 0 Å². The fraction of sp³-hybridized carbons (Fsp3) is 0.429. The topological polar surface area (TPSA) is 17.1 Å². The van der Waals surface area contributed by atoms with E-state index in [0.717, 1.165) is 11.8 Å². The first-order chi connectivity index (χ1) is 3.72. The van der Waals surface area contributed by atoms with Crippen molar-refractivity contribution in [2.24, 2.45) is 0 Å². The minimum absolute atomic E-state index is 0.296. The summed E-state index contributed by atoms with van der Waals surface area (Å²) in [4.78, 5) is 10.6. The van der Waals surface area contributed by atoms with Crippen LogP contribution in [0.3, 0.4) is 0 Å².